The number of carbonyl (C=O) groups is 1. The van der Waals surface area contributed by atoms with Crippen LogP contribution in [0, 0.1) is 5.92 Å². The van der Waals surface area contributed by atoms with Crippen LogP contribution in [0.5, 0.6) is 0 Å². The van der Waals surface area contributed by atoms with Gasteiger partial charge in [-0.3, -0.25) is 9.69 Å². The Kier molecular flexibility index (Phi) is 6.00. The number of nitrogens with zero attached hydrogens (tertiary/aromatic N) is 5. The number of nitrogens with one attached hydrogen (secondary N) is 1. The summed E-state index contributed by atoms with van der Waals surface area (Å²) < 4.78 is 0. The van der Waals surface area contributed by atoms with E-state index in [1.165, 1.54) is 55.6 Å². The van der Waals surface area contributed by atoms with Gasteiger partial charge in [-0.25, -0.2) is 0 Å². The Hall–Kier alpha value is -2.28. The number of aromatic nitrogens is 4. The average molecular weight is 383 g/mol. The zero-order valence-electron chi connectivity index (χ0n) is 16.7. The Morgan fingerprint density at radius 3 is 2.61 bits per heavy atom. The van der Waals surface area contributed by atoms with Crippen LogP contribution in [0.3, 0.4) is 0 Å². The molecule has 4 rings (SSSR count). The van der Waals surface area contributed by atoms with Crippen LogP contribution in [0.25, 0.3) is 11.4 Å². The van der Waals surface area contributed by atoms with Crippen LogP contribution in [0.4, 0.5) is 0 Å². The monoisotopic (exact) mass is 382 g/mol. The highest BCUT2D eigenvalue weighted by Crippen LogP contribution is 2.23. The molecule has 0 radical (unpaired) electrons. The predicted molar refractivity (Wildman–Crippen MR) is 107 cm³/mol. The van der Waals surface area contributed by atoms with Crippen LogP contribution in [0.15, 0.2) is 24.3 Å². The number of benzene rings is 1. The summed E-state index contributed by atoms with van der Waals surface area (Å²) in [5.41, 5.74) is 2.23. The maximum atomic E-state index is 12.3. The molecule has 2 heterocycles. The summed E-state index contributed by atoms with van der Waals surface area (Å²) >= 11 is 0. The van der Waals surface area contributed by atoms with Gasteiger partial charge >= 0.3 is 0 Å². The minimum absolute atomic E-state index is 0.0383. The van der Waals surface area contributed by atoms with Crippen LogP contribution in [-0.2, 0) is 17.9 Å². The lowest BCUT2D eigenvalue weighted by Crippen LogP contribution is -2.42. The van der Waals surface area contributed by atoms with Crippen molar-refractivity contribution in [3.8, 4) is 11.4 Å². The number of hydrogen-bond donors (Lipinski definition) is 1. The Morgan fingerprint density at radius 2 is 1.86 bits per heavy atom. The van der Waals surface area contributed by atoms with Crippen molar-refractivity contribution in [2.24, 2.45) is 5.92 Å². The summed E-state index contributed by atoms with van der Waals surface area (Å²) in [5, 5.41) is 15.7. The first kappa shape index (κ1) is 19.1. The van der Waals surface area contributed by atoms with Crippen molar-refractivity contribution in [3.05, 3.63) is 29.8 Å². The van der Waals surface area contributed by atoms with Gasteiger partial charge in [0.1, 0.15) is 6.54 Å². The number of amides is 1. The number of hydrogen-bond acceptors (Lipinski definition) is 5. The van der Waals surface area contributed by atoms with E-state index in [1.807, 2.05) is 12.1 Å². The molecule has 1 aliphatic carbocycles. The molecule has 28 heavy (non-hydrogen) atoms. The molecule has 0 spiro atoms. The SMILES string of the molecule is C[C@H]1CCCC[C@H]1NC(=O)Cn1nnc(-c2ccc(CN3CCCC3)cc2)n1. The van der Waals surface area contributed by atoms with E-state index in [-0.39, 0.29) is 18.5 Å². The molecule has 7 heteroatoms. The molecule has 0 bridgehead atoms. The fraction of sp³-hybridized carbons (Fsp3) is 0.619. The van der Waals surface area contributed by atoms with Crippen molar-refractivity contribution >= 4 is 5.91 Å². The van der Waals surface area contributed by atoms with Gasteiger partial charge in [0.25, 0.3) is 0 Å². The van der Waals surface area contributed by atoms with E-state index < -0.39 is 0 Å². The molecule has 1 saturated heterocycles. The second-order valence-electron chi connectivity index (χ2n) is 8.26. The molecule has 1 aromatic heterocycles. The van der Waals surface area contributed by atoms with Crippen LogP contribution in [0.2, 0.25) is 0 Å². The first-order chi connectivity index (χ1) is 13.7. The molecular formula is C21H30N6O. The summed E-state index contributed by atoms with van der Waals surface area (Å²) in [6.07, 6.45) is 7.31. The maximum absolute atomic E-state index is 12.3. The zero-order valence-corrected chi connectivity index (χ0v) is 16.7. The van der Waals surface area contributed by atoms with Gasteiger partial charge in [0.2, 0.25) is 11.7 Å². The highest BCUT2D eigenvalue weighted by molar-refractivity contribution is 5.75. The third-order valence-electron chi connectivity index (χ3n) is 6.01. The topological polar surface area (TPSA) is 75.9 Å². The standard InChI is InChI=1S/C21H30N6O/c1-16-6-2-3-7-19(16)22-20(28)15-27-24-21(23-25-27)18-10-8-17(9-11-18)14-26-12-4-5-13-26/h8-11,16,19H,2-7,12-15H2,1H3,(H,22,28)/t16-,19+/m0/s1. The van der Waals surface area contributed by atoms with Crippen molar-refractivity contribution in [1.29, 1.82) is 0 Å². The average Bonchev–Trinajstić information content (AvgIpc) is 3.36. The molecule has 1 amide bonds. The molecule has 7 nitrogen and oxygen atoms in total. The van der Waals surface area contributed by atoms with Gasteiger partial charge in [0.15, 0.2) is 0 Å². The van der Waals surface area contributed by atoms with E-state index in [1.54, 1.807) is 0 Å². The Morgan fingerprint density at radius 1 is 1.11 bits per heavy atom. The predicted octanol–water partition coefficient (Wildman–Crippen LogP) is 2.63. The lowest BCUT2D eigenvalue weighted by atomic mass is 9.86. The Bertz CT molecular complexity index is 780. The highest BCUT2D eigenvalue weighted by Gasteiger charge is 2.23. The lowest BCUT2D eigenvalue weighted by molar-refractivity contribution is -0.123. The molecule has 1 saturated carbocycles. The van der Waals surface area contributed by atoms with Gasteiger partial charge in [-0.2, -0.15) is 4.80 Å². The van der Waals surface area contributed by atoms with Crippen molar-refractivity contribution in [2.75, 3.05) is 13.1 Å². The van der Waals surface area contributed by atoms with E-state index >= 15 is 0 Å². The van der Waals surface area contributed by atoms with Gasteiger partial charge in [-0.05, 0) is 55.5 Å². The lowest BCUT2D eigenvalue weighted by Gasteiger charge is -2.29. The van der Waals surface area contributed by atoms with Crippen molar-refractivity contribution in [2.45, 2.75) is 64.6 Å². The first-order valence-corrected chi connectivity index (χ1v) is 10.6. The normalized spacial score (nSPS) is 23.0. The minimum atomic E-state index is -0.0383. The molecule has 2 atom stereocenters. The molecule has 2 aliphatic rings. The number of tetrazole rings is 1. The molecule has 150 valence electrons. The molecule has 2 aromatic rings. The number of carbonyl (C=O) groups excluding carboxylic acids is 1. The van der Waals surface area contributed by atoms with E-state index in [0.29, 0.717) is 11.7 Å². The van der Waals surface area contributed by atoms with Gasteiger partial charge in [-0.1, -0.05) is 44.0 Å². The summed E-state index contributed by atoms with van der Waals surface area (Å²) in [6.45, 7) is 5.71. The minimum Gasteiger partial charge on any atom is -0.351 e. The maximum Gasteiger partial charge on any atom is 0.243 e. The summed E-state index contributed by atoms with van der Waals surface area (Å²) in [5.74, 6) is 1.06. The molecule has 1 aromatic carbocycles. The van der Waals surface area contributed by atoms with Gasteiger partial charge < -0.3 is 5.32 Å². The summed E-state index contributed by atoms with van der Waals surface area (Å²) in [4.78, 5) is 16.2. The van der Waals surface area contributed by atoms with E-state index in [4.69, 9.17) is 0 Å². The van der Waals surface area contributed by atoms with Gasteiger partial charge in [0.05, 0.1) is 0 Å². The van der Waals surface area contributed by atoms with Crippen molar-refractivity contribution in [3.63, 3.8) is 0 Å². The largest absolute Gasteiger partial charge is 0.351 e. The second kappa shape index (κ2) is 8.82. The van der Waals surface area contributed by atoms with Gasteiger partial charge in [0, 0.05) is 18.2 Å². The van der Waals surface area contributed by atoms with Crippen LogP contribution in [0.1, 0.15) is 51.0 Å². The van der Waals surface area contributed by atoms with Crippen LogP contribution < -0.4 is 5.32 Å². The molecule has 0 unspecified atom stereocenters. The van der Waals surface area contributed by atoms with Crippen molar-refractivity contribution in [1.82, 2.24) is 30.4 Å². The Labute approximate surface area is 166 Å². The second-order valence-corrected chi connectivity index (χ2v) is 8.26. The number of rotatable bonds is 6. The first-order valence-electron chi connectivity index (χ1n) is 10.6. The third kappa shape index (κ3) is 4.76. The van der Waals surface area contributed by atoms with Crippen LogP contribution in [-0.4, -0.2) is 50.1 Å². The van der Waals surface area contributed by atoms with E-state index in [0.717, 1.165) is 18.5 Å². The molecular weight excluding hydrogens is 352 g/mol. The van der Waals surface area contributed by atoms with Crippen LogP contribution >= 0.6 is 0 Å². The van der Waals surface area contributed by atoms with E-state index in [2.05, 4.69) is 44.7 Å². The smallest absolute Gasteiger partial charge is 0.243 e. The highest BCUT2D eigenvalue weighted by atomic mass is 16.2. The zero-order chi connectivity index (χ0) is 19.3. The quantitative estimate of drug-likeness (QED) is 0.831. The fourth-order valence-corrected chi connectivity index (χ4v) is 4.30. The van der Waals surface area contributed by atoms with E-state index in [9.17, 15) is 4.79 Å². The summed E-state index contributed by atoms with van der Waals surface area (Å²) in [6, 6.07) is 8.61. The summed E-state index contributed by atoms with van der Waals surface area (Å²) in [7, 11) is 0. The third-order valence-corrected chi connectivity index (χ3v) is 6.01. The molecule has 1 aliphatic heterocycles. The molecule has 2 fully saturated rings. The fourth-order valence-electron chi connectivity index (χ4n) is 4.30. The van der Waals surface area contributed by atoms with Gasteiger partial charge in [-0.15, -0.1) is 10.2 Å². The van der Waals surface area contributed by atoms with Crippen molar-refractivity contribution < 1.29 is 4.79 Å². The number of likely N-dealkylation sites (tertiary alicyclic amines) is 1. The molecule has 1 N–H and O–H groups in total. The Balaban J connectivity index is 1.32.